The van der Waals surface area contributed by atoms with E-state index in [0.29, 0.717) is 23.9 Å². The molecule has 0 rings (SSSR count). The van der Waals surface area contributed by atoms with E-state index in [1.54, 1.807) is 0 Å². The first-order valence-corrected chi connectivity index (χ1v) is 25.3. The molecule has 0 aliphatic carbocycles. The van der Waals surface area contributed by atoms with Crippen molar-refractivity contribution < 1.29 is 42.9 Å². The van der Waals surface area contributed by atoms with Gasteiger partial charge in [-0.15, -0.1) is 0 Å². The van der Waals surface area contributed by atoms with Gasteiger partial charge >= 0.3 is 11.9 Å². The van der Waals surface area contributed by atoms with Crippen LogP contribution in [0.15, 0.2) is 12.2 Å². The van der Waals surface area contributed by atoms with Crippen LogP contribution in [-0.2, 0) is 33.3 Å². The summed E-state index contributed by atoms with van der Waals surface area (Å²) in [6.07, 6.45) is 44.1. The minimum atomic E-state index is -1.62. The van der Waals surface area contributed by atoms with Crippen LogP contribution >= 0.6 is 0 Å². The van der Waals surface area contributed by atoms with E-state index in [-0.39, 0.29) is 32.2 Å². The Balaban J connectivity index is 4.12. The second-order valence-electron chi connectivity index (χ2n) is 18.5. The Labute approximate surface area is 370 Å². The lowest BCUT2D eigenvalue weighted by atomic mass is 10.0. The Morgan fingerprint density at radius 1 is 0.483 bits per heavy atom. The molecule has 0 bridgehead atoms. The number of quaternary nitrogens is 1. The molecule has 0 aliphatic heterocycles. The van der Waals surface area contributed by atoms with Crippen molar-refractivity contribution in [2.24, 2.45) is 0 Å². The average Bonchev–Trinajstić information content (AvgIpc) is 3.21. The predicted octanol–water partition coefficient (Wildman–Crippen LogP) is 12.5. The van der Waals surface area contributed by atoms with Crippen LogP contribution in [0, 0.1) is 0 Å². The second kappa shape index (κ2) is 43.7. The fourth-order valence-electron chi connectivity index (χ4n) is 7.30. The van der Waals surface area contributed by atoms with Crippen molar-refractivity contribution in [2.75, 3.05) is 47.5 Å². The Hall–Kier alpha value is -1.97. The number of rotatable bonds is 47. The van der Waals surface area contributed by atoms with Gasteiger partial charge in [-0.1, -0.05) is 206 Å². The molecule has 0 N–H and O–H groups in total. The van der Waals surface area contributed by atoms with E-state index in [2.05, 4.69) is 26.0 Å². The predicted molar refractivity (Wildman–Crippen MR) is 247 cm³/mol. The van der Waals surface area contributed by atoms with Gasteiger partial charge in [0, 0.05) is 12.8 Å². The van der Waals surface area contributed by atoms with Gasteiger partial charge in [0.15, 0.2) is 12.4 Å². The molecule has 0 saturated carbocycles. The molecule has 0 radical (unpaired) electrons. The molecule has 0 spiro atoms. The maximum absolute atomic E-state index is 12.7. The van der Waals surface area contributed by atoms with Crippen LogP contribution in [0.1, 0.15) is 239 Å². The largest absolute Gasteiger partial charge is 0.545 e. The topological polar surface area (TPSA) is 111 Å². The van der Waals surface area contributed by atoms with Gasteiger partial charge in [-0.3, -0.25) is 9.59 Å². The molecule has 0 aliphatic rings. The van der Waals surface area contributed by atoms with Gasteiger partial charge in [0.05, 0.1) is 40.3 Å². The molecule has 354 valence electrons. The fraction of sp³-hybridized carbons (Fsp3) is 0.902. The van der Waals surface area contributed by atoms with Crippen molar-refractivity contribution in [2.45, 2.75) is 251 Å². The average molecular weight is 852 g/mol. The van der Waals surface area contributed by atoms with Gasteiger partial charge in [-0.05, 0) is 32.1 Å². The summed E-state index contributed by atoms with van der Waals surface area (Å²) >= 11 is 0. The number of ether oxygens (including phenoxy) is 4. The first-order chi connectivity index (χ1) is 29.1. The van der Waals surface area contributed by atoms with Crippen LogP contribution < -0.4 is 5.11 Å². The highest BCUT2D eigenvalue weighted by atomic mass is 16.7. The number of aliphatic carboxylic acids is 1. The molecule has 0 amide bonds. The van der Waals surface area contributed by atoms with E-state index in [0.717, 1.165) is 57.8 Å². The number of hydrogen-bond acceptors (Lipinski definition) is 8. The number of carbonyl (C=O) groups excluding carboxylic acids is 3. The summed E-state index contributed by atoms with van der Waals surface area (Å²) in [6, 6.07) is 0. The quantitative estimate of drug-likeness (QED) is 0.0196. The van der Waals surface area contributed by atoms with Crippen LogP contribution in [0.4, 0.5) is 0 Å². The van der Waals surface area contributed by atoms with E-state index in [9.17, 15) is 19.5 Å². The van der Waals surface area contributed by atoms with Crippen LogP contribution in [0.2, 0.25) is 0 Å². The van der Waals surface area contributed by atoms with E-state index in [4.69, 9.17) is 18.9 Å². The number of nitrogens with zero attached hydrogens (tertiary/aromatic N) is 1. The summed E-state index contributed by atoms with van der Waals surface area (Å²) in [5.41, 5.74) is 0. The SMILES string of the molecule is CCC/C=C\CCCCCCCC(=O)OC(COC(=O)CCCCCCCCCCCCCCCCCCCCCCCCCCC)COC(OCC[N+](C)(C)C)C(=O)[O-]. The highest BCUT2D eigenvalue weighted by molar-refractivity contribution is 5.70. The van der Waals surface area contributed by atoms with Gasteiger partial charge in [-0.25, -0.2) is 0 Å². The van der Waals surface area contributed by atoms with Crippen LogP contribution in [0.25, 0.3) is 0 Å². The van der Waals surface area contributed by atoms with E-state index >= 15 is 0 Å². The number of unbranched alkanes of at least 4 members (excludes halogenated alkanes) is 30. The molecule has 60 heavy (non-hydrogen) atoms. The van der Waals surface area contributed by atoms with Crippen molar-refractivity contribution >= 4 is 17.9 Å². The van der Waals surface area contributed by atoms with E-state index < -0.39 is 24.3 Å². The first kappa shape index (κ1) is 58.0. The number of carbonyl (C=O) groups is 3. The Kier molecular flexibility index (Phi) is 42.2. The first-order valence-electron chi connectivity index (χ1n) is 25.3. The van der Waals surface area contributed by atoms with Gasteiger partial charge in [0.2, 0.25) is 0 Å². The van der Waals surface area contributed by atoms with Crippen LogP contribution in [-0.4, -0.2) is 82.3 Å². The minimum Gasteiger partial charge on any atom is -0.545 e. The molecule has 0 aromatic heterocycles. The van der Waals surface area contributed by atoms with Crippen molar-refractivity contribution in [1.82, 2.24) is 0 Å². The third-order valence-corrected chi connectivity index (χ3v) is 11.2. The van der Waals surface area contributed by atoms with Gasteiger partial charge in [0.1, 0.15) is 13.2 Å². The highest BCUT2D eigenvalue weighted by Gasteiger charge is 2.22. The van der Waals surface area contributed by atoms with Crippen LogP contribution in [0.3, 0.4) is 0 Å². The van der Waals surface area contributed by atoms with Crippen molar-refractivity contribution in [1.29, 1.82) is 0 Å². The number of likely N-dealkylation sites (N-methyl/N-ethyl adjacent to an activating group) is 1. The fourth-order valence-corrected chi connectivity index (χ4v) is 7.30. The molecule has 9 heteroatoms. The summed E-state index contributed by atoms with van der Waals surface area (Å²) in [5, 5.41) is 11.7. The number of carboxylic acids is 1. The maximum Gasteiger partial charge on any atom is 0.306 e. The van der Waals surface area contributed by atoms with E-state index in [1.807, 2.05) is 21.1 Å². The Morgan fingerprint density at radius 3 is 1.30 bits per heavy atom. The van der Waals surface area contributed by atoms with Gasteiger partial charge < -0.3 is 33.3 Å². The Bertz CT molecular complexity index is 996. The third kappa shape index (κ3) is 44.1. The number of allylic oxidation sites excluding steroid dienone is 2. The number of carboxylic acid groups (broad SMARTS) is 1. The zero-order valence-electron chi connectivity index (χ0n) is 40.1. The molecular weight excluding hydrogens is 755 g/mol. The third-order valence-electron chi connectivity index (χ3n) is 11.2. The van der Waals surface area contributed by atoms with Crippen LogP contribution in [0.5, 0.6) is 0 Å². The molecule has 2 unspecified atom stereocenters. The van der Waals surface area contributed by atoms with Gasteiger partial charge in [-0.2, -0.15) is 0 Å². The van der Waals surface area contributed by atoms with Crippen molar-refractivity contribution in [3.8, 4) is 0 Å². The molecule has 0 fully saturated rings. The molecule has 9 nitrogen and oxygen atoms in total. The smallest absolute Gasteiger partial charge is 0.306 e. The molecule has 2 atom stereocenters. The second-order valence-corrected chi connectivity index (χ2v) is 18.5. The molecule has 0 aromatic rings. The Morgan fingerprint density at radius 2 is 0.883 bits per heavy atom. The number of hydrogen-bond donors (Lipinski definition) is 0. The lowest BCUT2D eigenvalue weighted by Crippen LogP contribution is -2.44. The monoisotopic (exact) mass is 852 g/mol. The lowest BCUT2D eigenvalue weighted by Gasteiger charge is -2.26. The van der Waals surface area contributed by atoms with E-state index in [1.165, 1.54) is 148 Å². The zero-order valence-corrected chi connectivity index (χ0v) is 40.1. The summed E-state index contributed by atoms with van der Waals surface area (Å²) < 4.78 is 22.5. The molecule has 0 heterocycles. The lowest BCUT2D eigenvalue weighted by molar-refractivity contribution is -0.870. The normalized spacial score (nSPS) is 12.9. The van der Waals surface area contributed by atoms with Crippen molar-refractivity contribution in [3.05, 3.63) is 12.2 Å². The standard InChI is InChI=1S/C51H97NO8/c1-6-8-10-12-14-16-18-19-20-21-22-23-24-25-26-27-28-29-30-31-32-34-35-37-39-41-48(53)58-45-47(46-59-51(50(55)56)57-44-43-52(3,4)5)60-49(54)42-40-38-36-33-17-15-13-11-9-7-2/h11,13,47,51H,6-10,12,14-46H2,1-5H3/b13-11-. The minimum absolute atomic E-state index is 0.149. The summed E-state index contributed by atoms with van der Waals surface area (Å²) in [6.45, 7) is 4.70. The summed E-state index contributed by atoms with van der Waals surface area (Å²) in [4.78, 5) is 37.0. The molecule has 0 aromatic carbocycles. The van der Waals surface area contributed by atoms with Gasteiger partial charge in [0.25, 0.3) is 0 Å². The summed E-state index contributed by atoms with van der Waals surface area (Å²) in [7, 11) is 5.91. The highest BCUT2D eigenvalue weighted by Crippen LogP contribution is 2.17. The molecular formula is C51H97NO8. The number of esters is 2. The van der Waals surface area contributed by atoms with Crippen molar-refractivity contribution in [3.63, 3.8) is 0 Å². The maximum atomic E-state index is 12.7. The summed E-state index contributed by atoms with van der Waals surface area (Å²) in [5.74, 6) is -2.28. The zero-order chi connectivity index (χ0) is 44.2. The molecule has 0 saturated heterocycles.